The Morgan fingerprint density at radius 1 is 1.03 bits per heavy atom. The number of hydrogen-bond acceptors (Lipinski definition) is 4. The Balaban J connectivity index is 1.36. The predicted octanol–water partition coefficient (Wildman–Crippen LogP) is 3.58. The molecule has 162 valence electrons. The zero-order valence-corrected chi connectivity index (χ0v) is 19.1. The van der Waals surface area contributed by atoms with E-state index in [0.717, 1.165) is 47.6 Å². The molecule has 0 aliphatic heterocycles. The lowest BCUT2D eigenvalue weighted by molar-refractivity contribution is 0.0953. The Morgan fingerprint density at radius 3 is 2.56 bits per heavy atom. The molecule has 0 spiro atoms. The smallest absolute Gasteiger partial charge is 0.251 e. The molecule has 1 amide bonds. The highest BCUT2D eigenvalue weighted by Gasteiger charge is 2.12. The van der Waals surface area contributed by atoms with Crippen LogP contribution in [0.15, 0.2) is 60.8 Å². The maximum Gasteiger partial charge on any atom is 0.251 e. The number of unbranched alkanes of at least 4 members (excludes halogenated alkanes) is 1. The van der Waals surface area contributed by atoms with E-state index in [0.29, 0.717) is 22.2 Å². The van der Waals surface area contributed by atoms with Crippen molar-refractivity contribution in [3.05, 3.63) is 76.4 Å². The Morgan fingerprint density at radius 2 is 1.78 bits per heavy atom. The molecule has 0 saturated heterocycles. The molecule has 0 saturated carbocycles. The third-order valence-electron chi connectivity index (χ3n) is 5.10. The lowest BCUT2D eigenvalue weighted by Gasteiger charge is -2.12. The van der Waals surface area contributed by atoms with Crippen LogP contribution in [0.1, 0.15) is 23.2 Å². The first kappa shape index (κ1) is 22.2. The van der Waals surface area contributed by atoms with Crippen molar-refractivity contribution in [1.82, 2.24) is 19.9 Å². The molecule has 0 bridgehead atoms. The SMILES string of the molecule is Bc1cnn2c(NCCCCNC(=O)c3ccc(Cl)cc3)cc(-c3ccccc3Cl)nc12. The fourth-order valence-corrected chi connectivity index (χ4v) is 3.74. The average molecular weight is 466 g/mol. The molecule has 0 atom stereocenters. The van der Waals surface area contributed by atoms with Gasteiger partial charge in [0.05, 0.1) is 5.69 Å². The van der Waals surface area contributed by atoms with Gasteiger partial charge < -0.3 is 10.6 Å². The quantitative estimate of drug-likeness (QED) is 0.308. The standard InChI is InChI=1S/C23H22BCl2N5O/c24-18-14-29-31-21(13-20(30-22(18)31)17-5-1-2-6-19(17)26)27-11-3-4-12-28-23(32)15-7-9-16(25)10-8-15/h1-2,5-10,13-14,27H,3-4,11-12,24H2,(H,28,32). The maximum absolute atomic E-state index is 12.2. The van der Waals surface area contributed by atoms with Crippen molar-refractivity contribution in [3.63, 3.8) is 0 Å². The van der Waals surface area contributed by atoms with Crippen LogP contribution in [0, 0.1) is 0 Å². The number of nitrogens with one attached hydrogen (secondary N) is 2. The molecule has 6 nitrogen and oxygen atoms in total. The van der Waals surface area contributed by atoms with Crippen molar-refractivity contribution in [1.29, 1.82) is 0 Å². The number of rotatable bonds is 8. The zero-order valence-electron chi connectivity index (χ0n) is 17.6. The Hall–Kier alpha value is -3.03. The van der Waals surface area contributed by atoms with Gasteiger partial charge in [-0.25, -0.2) is 4.98 Å². The first-order valence-corrected chi connectivity index (χ1v) is 11.2. The van der Waals surface area contributed by atoms with Crippen LogP contribution in [0.4, 0.5) is 5.82 Å². The molecule has 4 rings (SSSR count). The van der Waals surface area contributed by atoms with Crippen LogP contribution >= 0.6 is 23.2 Å². The molecule has 0 aliphatic carbocycles. The molecule has 0 radical (unpaired) electrons. The van der Waals surface area contributed by atoms with Gasteiger partial charge in [-0.3, -0.25) is 4.79 Å². The molecule has 2 heterocycles. The highest BCUT2D eigenvalue weighted by Crippen LogP contribution is 2.28. The fraction of sp³-hybridized carbons (Fsp3) is 0.174. The van der Waals surface area contributed by atoms with Crippen LogP contribution in [-0.4, -0.2) is 41.4 Å². The minimum atomic E-state index is -0.0955. The topological polar surface area (TPSA) is 71.3 Å². The summed E-state index contributed by atoms with van der Waals surface area (Å²) in [5.41, 5.74) is 4.06. The van der Waals surface area contributed by atoms with Gasteiger partial charge in [-0.2, -0.15) is 9.61 Å². The van der Waals surface area contributed by atoms with Crippen LogP contribution in [0.25, 0.3) is 16.9 Å². The third kappa shape index (κ3) is 5.06. The maximum atomic E-state index is 12.2. The number of aromatic nitrogens is 3. The minimum absolute atomic E-state index is 0.0955. The average Bonchev–Trinajstić information content (AvgIpc) is 3.17. The van der Waals surface area contributed by atoms with Crippen molar-refractivity contribution in [2.75, 3.05) is 18.4 Å². The first-order valence-electron chi connectivity index (χ1n) is 10.4. The number of amides is 1. The fourth-order valence-electron chi connectivity index (χ4n) is 3.38. The number of carbonyl (C=O) groups excluding carboxylic acids is 1. The van der Waals surface area contributed by atoms with E-state index in [2.05, 4.69) is 15.7 Å². The van der Waals surface area contributed by atoms with E-state index < -0.39 is 0 Å². The Labute approximate surface area is 197 Å². The van der Waals surface area contributed by atoms with Crippen LogP contribution in [0.5, 0.6) is 0 Å². The highest BCUT2D eigenvalue weighted by molar-refractivity contribution is 6.36. The van der Waals surface area contributed by atoms with Gasteiger partial charge in [0, 0.05) is 46.5 Å². The monoisotopic (exact) mass is 465 g/mol. The van der Waals surface area contributed by atoms with Crippen LogP contribution in [-0.2, 0) is 0 Å². The number of halogens is 2. The van der Waals surface area contributed by atoms with Gasteiger partial charge in [-0.1, -0.05) is 41.4 Å². The van der Waals surface area contributed by atoms with Crippen LogP contribution < -0.4 is 16.1 Å². The van der Waals surface area contributed by atoms with E-state index in [9.17, 15) is 4.79 Å². The molecule has 0 aliphatic rings. The van der Waals surface area contributed by atoms with Crippen molar-refractivity contribution in [2.45, 2.75) is 12.8 Å². The normalized spacial score (nSPS) is 10.9. The number of anilines is 1. The lowest BCUT2D eigenvalue weighted by atomic mass is 10.0. The number of nitrogens with zero attached hydrogens (tertiary/aromatic N) is 3. The second-order valence-electron chi connectivity index (χ2n) is 7.47. The summed E-state index contributed by atoms with van der Waals surface area (Å²) in [4.78, 5) is 16.9. The molecule has 0 unspecified atom stereocenters. The van der Waals surface area contributed by atoms with Gasteiger partial charge in [0.15, 0.2) is 5.65 Å². The molecule has 2 N–H and O–H groups in total. The summed E-state index contributed by atoms with van der Waals surface area (Å²) in [6, 6.07) is 16.5. The molecule has 2 aromatic carbocycles. The van der Waals surface area contributed by atoms with Gasteiger partial charge in [-0.05, 0) is 48.6 Å². The second-order valence-corrected chi connectivity index (χ2v) is 8.31. The summed E-state index contributed by atoms with van der Waals surface area (Å²) >= 11 is 12.3. The first-order chi connectivity index (χ1) is 15.5. The van der Waals surface area contributed by atoms with E-state index in [1.54, 1.807) is 35.0 Å². The molecule has 32 heavy (non-hydrogen) atoms. The van der Waals surface area contributed by atoms with Crippen molar-refractivity contribution in [3.8, 4) is 11.3 Å². The van der Waals surface area contributed by atoms with Gasteiger partial charge in [0.2, 0.25) is 0 Å². The molecule has 0 fully saturated rings. The molecule has 2 aromatic heterocycles. The van der Waals surface area contributed by atoms with E-state index >= 15 is 0 Å². The number of fused-ring (bicyclic) bond motifs is 1. The summed E-state index contributed by atoms with van der Waals surface area (Å²) in [7, 11) is 1.98. The number of carbonyl (C=O) groups is 1. The van der Waals surface area contributed by atoms with Crippen molar-refractivity contribution < 1.29 is 4.79 Å². The molecule has 4 aromatic rings. The largest absolute Gasteiger partial charge is 0.370 e. The van der Waals surface area contributed by atoms with Crippen LogP contribution in [0.3, 0.4) is 0 Å². The summed E-state index contributed by atoms with van der Waals surface area (Å²) in [6.07, 6.45) is 3.53. The van der Waals surface area contributed by atoms with Gasteiger partial charge in [0.25, 0.3) is 5.91 Å². The zero-order chi connectivity index (χ0) is 22.5. The molecule has 9 heteroatoms. The van der Waals surface area contributed by atoms with Gasteiger partial charge in [0.1, 0.15) is 13.7 Å². The minimum Gasteiger partial charge on any atom is -0.370 e. The van der Waals surface area contributed by atoms with E-state index in [-0.39, 0.29) is 5.91 Å². The predicted molar refractivity (Wildman–Crippen MR) is 133 cm³/mol. The van der Waals surface area contributed by atoms with E-state index in [1.807, 2.05) is 38.2 Å². The molecular formula is C23H22BCl2N5O. The van der Waals surface area contributed by atoms with Crippen LogP contribution in [0.2, 0.25) is 10.0 Å². The van der Waals surface area contributed by atoms with Gasteiger partial charge in [-0.15, -0.1) is 0 Å². The summed E-state index contributed by atoms with van der Waals surface area (Å²) in [5.74, 6) is 0.755. The van der Waals surface area contributed by atoms with Crippen molar-refractivity contribution >= 4 is 53.9 Å². The summed E-state index contributed by atoms with van der Waals surface area (Å²) < 4.78 is 1.80. The number of benzene rings is 2. The summed E-state index contributed by atoms with van der Waals surface area (Å²) in [5, 5.41) is 12.1. The van der Waals surface area contributed by atoms with Crippen molar-refractivity contribution in [2.24, 2.45) is 0 Å². The Bertz CT molecular complexity index is 1240. The van der Waals surface area contributed by atoms with Gasteiger partial charge >= 0.3 is 0 Å². The number of hydrogen-bond donors (Lipinski definition) is 2. The third-order valence-corrected chi connectivity index (χ3v) is 5.68. The van der Waals surface area contributed by atoms with E-state index in [1.165, 1.54) is 0 Å². The molecular weight excluding hydrogens is 444 g/mol. The second kappa shape index (κ2) is 10.1. The van der Waals surface area contributed by atoms with E-state index in [4.69, 9.17) is 28.2 Å². The summed E-state index contributed by atoms with van der Waals surface area (Å²) in [6.45, 7) is 1.33. The Kier molecular flexibility index (Phi) is 6.97. The highest BCUT2D eigenvalue weighted by atomic mass is 35.5. The lowest BCUT2D eigenvalue weighted by Crippen LogP contribution is -2.24.